The zero-order valence-electron chi connectivity index (χ0n) is 11.0. The second-order valence-corrected chi connectivity index (χ2v) is 3.80. The molecule has 0 spiro atoms. The van der Waals surface area contributed by atoms with Gasteiger partial charge in [0.2, 0.25) is 0 Å². The molecule has 3 aromatic heterocycles. The lowest BCUT2D eigenvalue weighted by Crippen LogP contribution is -2.42. The fourth-order valence-corrected chi connectivity index (χ4v) is 1.62. The molecule has 0 saturated heterocycles. The van der Waals surface area contributed by atoms with Crippen LogP contribution < -0.4 is 5.32 Å². The Balaban J connectivity index is 0.000000408. The summed E-state index contributed by atoms with van der Waals surface area (Å²) in [5.41, 5.74) is 0. The first kappa shape index (κ1) is 13.1. The minimum absolute atomic E-state index is 0.194. The molecule has 0 fully saturated rings. The van der Waals surface area contributed by atoms with Crippen molar-refractivity contribution in [2.75, 3.05) is 14.1 Å². The lowest BCUT2D eigenvalue weighted by Gasteiger charge is -2.12. The lowest BCUT2D eigenvalue weighted by molar-refractivity contribution is 0.771. The third-order valence-electron chi connectivity index (χ3n) is 2.28. The summed E-state index contributed by atoms with van der Waals surface area (Å²) in [5.74, 6) is 0. The summed E-state index contributed by atoms with van der Waals surface area (Å²) in [6.45, 7) is 0. The Morgan fingerprint density at radius 2 is 1.05 bits per heavy atom. The van der Waals surface area contributed by atoms with Crippen LogP contribution in [-0.4, -0.2) is 50.3 Å². The Morgan fingerprint density at radius 1 is 0.737 bits per heavy atom. The van der Waals surface area contributed by atoms with E-state index in [-0.39, 0.29) is 7.12 Å². The molecule has 0 unspecified atom stereocenters. The molecular formula is C11H16BN7. The van der Waals surface area contributed by atoms with Gasteiger partial charge in [0.25, 0.3) is 0 Å². The van der Waals surface area contributed by atoms with E-state index in [9.17, 15) is 0 Å². The number of hydrogen-bond acceptors (Lipinski definition) is 4. The van der Waals surface area contributed by atoms with E-state index in [0.29, 0.717) is 0 Å². The summed E-state index contributed by atoms with van der Waals surface area (Å²) in [6, 6.07) is 5.62. The van der Waals surface area contributed by atoms with Crippen molar-refractivity contribution < 1.29 is 0 Å². The smallest absolute Gasteiger partial charge is 0.323 e. The van der Waals surface area contributed by atoms with Crippen LogP contribution in [0.15, 0.2) is 55.4 Å². The van der Waals surface area contributed by atoms with Gasteiger partial charge in [-0.1, -0.05) is 0 Å². The van der Waals surface area contributed by atoms with Gasteiger partial charge >= 0.3 is 7.12 Å². The summed E-state index contributed by atoms with van der Waals surface area (Å²) in [6.07, 6.45) is 10.9. The van der Waals surface area contributed by atoms with Crippen LogP contribution in [0.25, 0.3) is 0 Å². The van der Waals surface area contributed by atoms with Crippen molar-refractivity contribution in [2.24, 2.45) is 0 Å². The standard InChI is InChI=1S/C9H9BN6.C2H7N/c1-4-11-14(7-1)10(15-8-2-5-12-15)16-9-3-6-13-16;1-3-2/h1-9H;3H,1-2H3. The Labute approximate surface area is 112 Å². The van der Waals surface area contributed by atoms with Gasteiger partial charge in [-0.05, 0) is 32.3 Å². The molecule has 3 aromatic rings. The molecule has 0 amide bonds. The van der Waals surface area contributed by atoms with Crippen LogP contribution >= 0.6 is 0 Å². The number of nitrogens with zero attached hydrogens (tertiary/aromatic N) is 6. The summed E-state index contributed by atoms with van der Waals surface area (Å²) in [7, 11) is 3.56. The van der Waals surface area contributed by atoms with Gasteiger partial charge in [-0.15, -0.1) is 0 Å². The van der Waals surface area contributed by atoms with E-state index in [0.717, 1.165) is 0 Å². The maximum Gasteiger partial charge on any atom is 0.568 e. The zero-order chi connectivity index (χ0) is 13.5. The maximum atomic E-state index is 4.22. The zero-order valence-corrected chi connectivity index (χ0v) is 11.0. The largest absolute Gasteiger partial charge is 0.568 e. The second-order valence-electron chi connectivity index (χ2n) is 3.80. The fraction of sp³-hybridized carbons (Fsp3) is 0.182. The van der Waals surface area contributed by atoms with Crippen molar-refractivity contribution in [2.45, 2.75) is 0 Å². The summed E-state index contributed by atoms with van der Waals surface area (Å²) < 4.78 is 5.38. The number of aromatic nitrogens is 6. The second kappa shape index (κ2) is 6.55. The predicted octanol–water partition coefficient (Wildman–Crippen LogP) is 0.0413. The third-order valence-corrected chi connectivity index (χ3v) is 2.28. The van der Waals surface area contributed by atoms with E-state index in [2.05, 4.69) is 20.6 Å². The molecule has 0 atom stereocenters. The molecule has 1 N–H and O–H groups in total. The molecule has 3 rings (SSSR count). The van der Waals surface area contributed by atoms with E-state index >= 15 is 0 Å². The van der Waals surface area contributed by atoms with Gasteiger partial charge < -0.3 is 5.32 Å². The average molecular weight is 257 g/mol. The van der Waals surface area contributed by atoms with Gasteiger partial charge in [0.1, 0.15) is 0 Å². The Bertz CT molecular complexity index is 462. The van der Waals surface area contributed by atoms with Crippen LogP contribution in [0.5, 0.6) is 0 Å². The van der Waals surface area contributed by atoms with Crippen LogP contribution in [0.4, 0.5) is 0 Å². The number of hydrogen-bond donors (Lipinski definition) is 1. The molecule has 0 saturated carbocycles. The van der Waals surface area contributed by atoms with Crippen molar-refractivity contribution in [3.8, 4) is 0 Å². The summed E-state index contributed by atoms with van der Waals surface area (Å²) in [5, 5.41) is 15.4. The van der Waals surface area contributed by atoms with Gasteiger partial charge in [0, 0.05) is 37.2 Å². The van der Waals surface area contributed by atoms with Crippen LogP contribution in [0.3, 0.4) is 0 Å². The fourth-order valence-electron chi connectivity index (χ4n) is 1.62. The molecule has 0 aromatic carbocycles. The highest BCUT2D eigenvalue weighted by atomic mass is 15.4. The molecule has 0 aliphatic heterocycles. The van der Waals surface area contributed by atoms with Crippen LogP contribution in [0, 0.1) is 0 Å². The molecule has 0 radical (unpaired) electrons. The quantitative estimate of drug-likeness (QED) is 0.673. The SMILES string of the molecule is CNC.c1cnn(B(n2cccn2)n2cccn2)c1. The highest BCUT2D eigenvalue weighted by Crippen LogP contribution is 1.97. The maximum absolute atomic E-state index is 4.22. The number of nitrogens with one attached hydrogen (secondary N) is 1. The van der Waals surface area contributed by atoms with E-state index < -0.39 is 0 Å². The van der Waals surface area contributed by atoms with Crippen molar-refractivity contribution in [1.29, 1.82) is 0 Å². The molecule has 0 bridgehead atoms. The Hall–Kier alpha value is -2.35. The topological polar surface area (TPSA) is 65.5 Å². The van der Waals surface area contributed by atoms with E-state index in [4.69, 9.17) is 0 Å². The van der Waals surface area contributed by atoms with E-state index in [1.807, 2.05) is 50.9 Å². The molecule has 19 heavy (non-hydrogen) atoms. The molecule has 0 aliphatic rings. The highest BCUT2D eigenvalue weighted by Gasteiger charge is 2.25. The van der Waals surface area contributed by atoms with Crippen molar-refractivity contribution in [1.82, 2.24) is 34.4 Å². The Kier molecular flexibility index (Phi) is 4.51. The summed E-state index contributed by atoms with van der Waals surface area (Å²) in [4.78, 5) is 0. The highest BCUT2D eigenvalue weighted by molar-refractivity contribution is 6.52. The van der Waals surface area contributed by atoms with Gasteiger partial charge in [-0.3, -0.25) is 13.8 Å². The summed E-state index contributed by atoms with van der Waals surface area (Å²) >= 11 is 0. The monoisotopic (exact) mass is 257 g/mol. The van der Waals surface area contributed by atoms with Gasteiger partial charge in [-0.25, -0.2) is 0 Å². The van der Waals surface area contributed by atoms with Crippen molar-refractivity contribution >= 4 is 7.12 Å². The first-order valence-corrected chi connectivity index (χ1v) is 5.92. The van der Waals surface area contributed by atoms with E-state index in [1.54, 1.807) is 32.4 Å². The van der Waals surface area contributed by atoms with Crippen molar-refractivity contribution in [3.63, 3.8) is 0 Å². The van der Waals surface area contributed by atoms with Gasteiger partial charge in [0.15, 0.2) is 0 Å². The van der Waals surface area contributed by atoms with Crippen molar-refractivity contribution in [3.05, 3.63) is 55.4 Å². The average Bonchev–Trinajstić information content (AvgIpc) is 3.15. The lowest BCUT2D eigenvalue weighted by atomic mass is 9.96. The first-order valence-electron chi connectivity index (χ1n) is 5.92. The molecular weight excluding hydrogens is 241 g/mol. The predicted molar refractivity (Wildman–Crippen MR) is 73.6 cm³/mol. The molecule has 7 nitrogen and oxygen atoms in total. The minimum Gasteiger partial charge on any atom is -0.323 e. The van der Waals surface area contributed by atoms with Crippen LogP contribution in [0.1, 0.15) is 0 Å². The molecule has 0 aliphatic carbocycles. The van der Waals surface area contributed by atoms with E-state index in [1.165, 1.54) is 0 Å². The third kappa shape index (κ3) is 3.11. The van der Waals surface area contributed by atoms with Gasteiger partial charge in [-0.2, -0.15) is 15.3 Å². The molecule has 8 heteroatoms. The molecule has 3 heterocycles. The van der Waals surface area contributed by atoms with Crippen LogP contribution in [0.2, 0.25) is 0 Å². The van der Waals surface area contributed by atoms with Crippen LogP contribution in [-0.2, 0) is 0 Å². The van der Waals surface area contributed by atoms with Gasteiger partial charge in [0.05, 0.1) is 0 Å². The number of rotatable bonds is 3. The minimum atomic E-state index is -0.194. The molecule has 98 valence electrons. The normalized spacial score (nSPS) is 9.79. The Morgan fingerprint density at radius 3 is 1.26 bits per heavy atom. The first-order chi connectivity index (χ1) is 9.36.